The van der Waals surface area contributed by atoms with Crippen LogP contribution in [0.3, 0.4) is 0 Å². The van der Waals surface area contributed by atoms with Crippen LogP contribution in [0.25, 0.3) is 0 Å². The van der Waals surface area contributed by atoms with Gasteiger partial charge in [0.2, 0.25) is 0 Å². The monoisotopic (exact) mass is 288 g/mol. The van der Waals surface area contributed by atoms with Gasteiger partial charge >= 0.3 is 6.18 Å². The molecule has 1 unspecified atom stereocenters. The van der Waals surface area contributed by atoms with Crippen molar-refractivity contribution in [3.8, 4) is 0 Å². The van der Waals surface area contributed by atoms with Crippen LogP contribution < -0.4 is 0 Å². The fourth-order valence-electron chi connectivity index (χ4n) is 3.03. The molecule has 1 atom stereocenters. The van der Waals surface area contributed by atoms with E-state index in [-0.39, 0.29) is 5.56 Å². The molecule has 112 valence electrons. The molecule has 20 heavy (non-hydrogen) atoms. The predicted molar refractivity (Wildman–Crippen MR) is 69.2 cm³/mol. The first kappa shape index (κ1) is 15.3. The fraction of sp³-hybridized carbons (Fsp3) is 0.600. The first-order chi connectivity index (χ1) is 9.41. The molecule has 1 aliphatic carbocycles. The molecule has 1 aromatic rings. The summed E-state index contributed by atoms with van der Waals surface area (Å²) in [6, 6.07) is 5.20. The average molecular weight is 288 g/mol. The van der Waals surface area contributed by atoms with Crippen LogP contribution in [0, 0.1) is 0 Å². The van der Waals surface area contributed by atoms with Crippen molar-refractivity contribution in [1.29, 1.82) is 0 Å². The van der Waals surface area contributed by atoms with Gasteiger partial charge in [0.15, 0.2) is 0 Å². The molecule has 0 aromatic heterocycles. The van der Waals surface area contributed by atoms with Crippen LogP contribution in [-0.2, 0) is 10.9 Å². The van der Waals surface area contributed by atoms with Crippen molar-refractivity contribution < 1.29 is 23.0 Å². The van der Waals surface area contributed by atoms with E-state index in [2.05, 4.69) is 0 Å². The van der Waals surface area contributed by atoms with Crippen molar-refractivity contribution in [2.75, 3.05) is 6.61 Å². The topological polar surface area (TPSA) is 29.5 Å². The van der Waals surface area contributed by atoms with E-state index in [1.54, 1.807) is 6.92 Å². The zero-order chi connectivity index (χ0) is 14.8. The highest BCUT2D eigenvalue weighted by Gasteiger charge is 2.45. The molecule has 0 aliphatic heterocycles. The molecule has 2 rings (SSSR count). The summed E-state index contributed by atoms with van der Waals surface area (Å²) >= 11 is 0. The number of aliphatic hydroxyl groups is 1. The Kier molecular flexibility index (Phi) is 4.39. The van der Waals surface area contributed by atoms with Gasteiger partial charge in [0, 0.05) is 6.61 Å². The average Bonchev–Trinajstić information content (AvgIpc) is 2.87. The SMILES string of the molecule is CCOC1(C(O)c2ccccc2C(F)(F)F)CCCC1. The van der Waals surface area contributed by atoms with Gasteiger partial charge in [-0.25, -0.2) is 0 Å². The lowest BCUT2D eigenvalue weighted by molar-refractivity contribution is -0.146. The third kappa shape index (κ3) is 2.83. The molecule has 0 amide bonds. The minimum atomic E-state index is -4.47. The van der Waals surface area contributed by atoms with E-state index >= 15 is 0 Å². The van der Waals surface area contributed by atoms with Gasteiger partial charge < -0.3 is 9.84 Å². The van der Waals surface area contributed by atoms with E-state index in [0.717, 1.165) is 18.9 Å². The van der Waals surface area contributed by atoms with E-state index < -0.39 is 23.4 Å². The lowest BCUT2D eigenvalue weighted by Gasteiger charge is -2.35. The molecule has 1 aliphatic rings. The summed E-state index contributed by atoms with van der Waals surface area (Å²) in [4.78, 5) is 0. The van der Waals surface area contributed by atoms with Gasteiger partial charge in [0.05, 0.1) is 11.2 Å². The molecular weight excluding hydrogens is 269 g/mol. The Morgan fingerprint density at radius 2 is 1.85 bits per heavy atom. The van der Waals surface area contributed by atoms with Gasteiger partial charge in [0.1, 0.15) is 6.10 Å². The largest absolute Gasteiger partial charge is 0.416 e. The minimum Gasteiger partial charge on any atom is -0.385 e. The third-order valence-corrected chi connectivity index (χ3v) is 3.94. The number of halogens is 3. The van der Waals surface area contributed by atoms with Gasteiger partial charge in [-0.05, 0) is 31.4 Å². The van der Waals surface area contributed by atoms with E-state index in [1.165, 1.54) is 18.2 Å². The Bertz CT molecular complexity index is 451. The highest BCUT2D eigenvalue weighted by Crippen LogP contribution is 2.45. The van der Waals surface area contributed by atoms with E-state index in [4.69, 9.17) is 4.74 Å². The maximum atomic E-state index is 13.1. The molecule has 2 nitrogen and oxygen atoms in total. The zero-order valence-electron chi connectivity index (χ0n) is 11.4. The predicted octanol–water partition coefficient (Wildman–Crippen LogP) is 4.09. The Morgan fingerprint density at radius 1 is 1.25 bits per heavy atom. The molecule has 0 radical (unpaired) electrons. The highest BCUT2D eigenvalue weighted by atomic mass is 19.4. The van der Waals surface area contributed by atoms with Gasteiger partial charge in [-0.2, -0.15) is 13.2 Å². The van der Waals surface area contributed by atoms with Crippen LogP contribution in [0.2, 0.25) is 0 Å². The number of hydrogen-bond donors (Lipinski definition) is 1. The van der Waals surface area contributed by atoms with Crippen molar-refractivity contribution in [3.63, 3.8) is 0 Å². The summed E-state index contributed by atoms with van der Waals surface area (Å²) < 4.78 is 44.8. The quantitative estimate of drug-likeness (QED) is 0.904. The third-order valence-electron chi connectivity index (χ3n) is 3.94. The maximum absolute atomic E-state index is 13.1. The molecule has 5 heteroatoms. The van der Waals surface area contributed by atoms with Gasteiger partial charge in [-0.3, -0.25) is 0 Å². The Hall–Kier alpha value is -1.07. The highest BCUT2D eigenvalue weighted by molar-refractivity contribution is 5.33. The summed E-state index contributed by atoms with van der Waals surface area (Å²) in [7, 11) is 0. The van der Waals surface area contributed by atoms with Gasteiger partial charge in [0.25, 0.3) is 0 Å². The molecule has 0 bridgehead atoms. The smallest absolute Gasteiger partial charge is 0.385 e. The molecule has 1 saturated carbocycles. The minimum absolute atomic E-state index is 0.0876. The molecule has 0 heterocycles. The van der Waals surface area contributed by atoms with Crippen molar-refractivity contribution in [1.82, 2.24) is 0 Å². The number of alkyl halides is 3. The molecular formula is C15H19F3O2. The van der Waals surface area contributed by atoms with Gasteiger partial charge in [-0.1, -0.05) is 31.0 Å². The Balaban J connectivity index is 2.40. The Labute approximate surface area is 116 Å². The van der Waals surface area contributed by atoms with Crippen molar-refractivity contribution in [2.24, 2.45) is 0 Å². The van der Waals surface area contributed by atoms with Crippen LogP contribution in [0.5, 0.6) is 0 Å². The molecule has 1 aromatic carbocycles. The second-order valence-corrected chi connectivity index (χ2v) is 5.19. The number of ether oxygens (including phenoxy) is 1. The van der Waals surface area contributed by atoms with Crippen LogP contribution in [0.1, 0.15) is 49.8 Å². The summed E-state index contributed by atoms with van der Waals surface area (Å²) in [5.41, 5.74) is -1.75. The van der Waals surface area contributed by atoms with Gasteiger partial charge in [-0.15, -0.1) is 0 Å². The summed E-state index contributed by atoms with van der Waals surface area (Å²) in [6.45, 7) is 2.17. The van der Waals surface area contributed by atoms with E-state index in [9.17, 15) is 18.3 Å². The lowest BCUT2D eigenvalue weighted by atomic mass is 9.86. The first-order valence-electron chi connectivity index (χ1n) is 6.89. The number of rotatable bonds is 4. The lowest BCUT2D eigenvalue weighted by Crippen LogP contribution is -2.37. The number of aliphatic hydroxyl groups excluding tert-OH is 1. The molecule has 1 fully saturated rings. The van der Waals surface area contributed by atoms with E-state index in [0.29, 0.717) is 19.4 Å². The Morgan fingerprint density at radius 3 is 2.40 bits per heavy atom. The van der Waals surface area contributed by atoms with Crippen molar-refractivity contribution in [3.05, 3.63) is 35.4 Å². The second kappa shape index (κ2) is 5.74. The second-order valence-electron chi connectivity index (χ2n) is 5.19. The first-order valence-corrected chi connectivity index (χ1v) is 6.89. The fourth-order valence-corrected chi connectivity index (χ4v) is 3.03. The maximum Gasteiger partial charge on any atom is 0.416 e. The van der Waals surface area contributed by atoms with Crippen molar-refractivity contribution in [2.45, 2.75) is 50.5 Å². The summed E-state index contributed by atoms with van der Waals surface area (Å²) in [5, 5.41) is 10.5. The van der Waals surface area contributed by atoms with Crippen LogP contribution in [0.15, 0.2) is 24.3 Å². The van der Waals surface area contributed by atoms with Crippen molar-refractivity contribution >= 4 is 0 Å². The standard InChI is InChI=1S/C15H19F3O2/c1-2-20-14(9-5-6-10-14)13(19)11-7-3-4-8-12(11)15(16,17)18/h3-4,7-8,13,19H,2,5-6,9-10H2,1H3. The normalized spacial score (nSPS) is 20.1. The van der Waals surface area contributed by atoms with E-state index in [1.807, 2.05) is 0 Å². The zero-order valence-corrected chi connectivity index (χ0v) is 11.4. The number of benzene rings is 1. The molecule has 0 saturated heterocycles. The molecule has 0 spiro atoms. The van der Waals surface area contributed by atoms with Crippen LogP contribution in [-0.4, -0.2) is 17.3 Å². The summed E-state index contributed by atoms with van der Waals surface area (Å²) in [6.07, 6.45) is -2.80. The summed E-state index contributed by atoms with van der Waals surface area (Å²) in [5.74, 6) is 0. The number of hydrogen-bond acceptors (Lipinski definition) is 2. The van der Waals surface area contributed by atoms with Crippen LogP contribution >= 0.6 is 0 Å². The van der Waals surface area contributed by atoms with Crippen LogP contribution in [0.4, 0.5) is 13.2 Å². The molecule has 1 N–H and O–H groups in total.